The second-order valence-electron chi connectivity index (χ2n) is 3.58. The lowest BCUT2D eigenvalue weighted by Gasteiger charge is -2.13. The lowest BCUT2D eigenvalue weighted by Crippen LogP contribution is -2.25. The average molecular weight is 223 g/mol. The first kappa shape index (κ1) is 12.4. The lowest BCUT2D eigenvalue weighted by molar-refractivity contribution is -0.304. The van der Waals surface area contributed by atoms with Crippen LogP contribution >= 0.6 is 0 Å². The number of phenolic OH excluding ortho intramolecular Hbond substituents is 1. The van der Waals surface area contributed by atoms with Crippen LogP contribution in [0.25, 0.3) is 0 Å². The molecule has 0 bridgehead atoms. The minimum atomic E-state index is -1.16. The van der Waals surface area contributed by atoms with Crippen molar-refractivity contribution in [3.63, 3.8) is 0 Å². The van der Waals surface area contributed by atoms with Gasteiger partial charge in [-0.05, 0) is 23.6 Å². The Morgan fingerprint density at radius 3 is 2.69 bits per heavy atom. The molecular weight excluding hydrogens is 208 g/mol. The quantitative estimate of drug-likeness (QED) is 0.795. The zero-order valence-electron chi connectivity index (χ0n) is 9.45. The molecule has 0 spiro atoms. The number of rotatable bonds is 5. The van der Waals surface area contributed by atoms with Crippen molar-refractivity contribution in [2.24, 2.45) is 0 Å². The van der Waals surface area contributed by atoms with Crippen LogP contribution < -0.4 is 9.84 Å². The van der Waals surface area contributed by atoms with Crippen molar-refractivity contribution in [2.45, 2.75) is 26.2 Å². The fourth-order valence-corrected chi connectivity index (χ4v) is 1.66. The molecular formula is C12H15O4-. The van der Waals surface area contributed by atoms with Crippen LogP contribution in [0.15, 0.2) is 12.1 Å². The van der Waals surface area contributed by atoms with Crippen LogP contribution in [0.5, 0.6) is 11.5 Å². The number of methoxy groups -OCH3 is 1. The number of phenols is 1. The summed E-state index contributed by atoms with van der Waals surface area (Å²) in [5.74, 6) is -0.629. The van der Waals surface area contributed by atoms with Crippen LogP contribution in [-0.4, -0.2) is 18.2 Å². The Morgan fingerprint density at radius 2 is 2.19 bits per heavy atom. The molecule has 88 valence electrons. The van der Waals surface area contributed by atoms with Crippen molar-refractivity contribution in [3.05, 3.63) is 23.3 Å². The molecule has 0 saturated heterocycles. The highest BCUT2D eigenvalue weighted by Crippen LogP contribution is 2.29. The number of carboxylic acids is 1. The Labute approximate surface area is 94.5 Å². The van der Waals surface area contributed by atoms with Crippen molar-refractivity contribution in [1.82, 2.24) is 0 Å². The van der Waals surface area contributed by atoms with Crippen LogP contribution in [-0.2, 0) is 17.6 Å². The van der Waals surface area contributed by atoms with Crippen LogP contribution in [0.3, 0.4) is 0 Å². The summed E-state index contributed by atoms with van der Waals surface area (Å²) in [6.45, 7) is 1.96. The molecule has 0 atom stereocenters. The summed E-state index contributed by atoms with van der Waals surface area (Å²) >= 11 is 0. The van der Waals surface area contributed by atoms with Crippen LogP contribution in [0, 0.1) is 0 Å². The molecule has 0 aliphatic rings. The van der Waals surface area contributed by atoms with Gasteiger partial charge in [-0.2, -0.15) is 0 Å². The van der Waals surface area contributed by atoms with Gasteiger partial charge in [0, 0.05) is 18.5 Å². The molecule has 0 aliphatic heterocycles. The summed E-state index contributed by atoms with van der Waals surface area (Å²) in [4.78, 5) is 10.6. The van der Waals surface area contributed by atoms with E-state index in [1.807, 2.05) is 6.92 Å². The molecule has 16 heavy (non-hydrogen) atoms. The zero-order valence-corrected chi connectivity index (χ0v) is 9.45. The second-order valence-corrected chi connectivity index (χ2v) is 3.58. The first-order valence-corrected chi connectivity index (χ1v) is 5.17. The molecule has 0 aliphatic carbocycles. The molecule has 0 amide bonds. The topological polar surface area (TPSA) is 69.6 Å². The molecule has 0 heterocycles. The second kappa shape index (κ2) is 5.39. The van der Waals surface area contributed by atoms with Crippen molar-refractivity contribution in [2.75, 3.05) is 7.11 Å². The number of hydrogen-bond acceptors (Lipinski definition) is 4. The van der Waals surface area contributed by atoms with Gasteiger partial charge in [-0.25, -0.2) is 0 Å². The lowest BCUT2D eigenvalue weighted by atomic mass is 9.99. The summed E-state index contributed by atoms with van der Waals surface area (Å²) in [5.41, 5.74) is 1.21. The fourth-order valence-electron chi connectivity index (χ4n) is 1.66. The normalized spacial score (nSPS) is 10.1. The van der Waals surface area contributed by atoms with E-state index in [2.05, 4.69) is 0 Å². The van der Waals surface area contributed by atoms with E-state index >= 15 is 0 Å². The number of aromatic hydroxyl groups is 1. The fraction of sp³-hybridized carbons (Fsp3) is 0.417. The summed E-state index contributed by atoms with van der Waals surface area (Å²) in [5, 5.41) is 20.4. The van der Waals surface area contributed by atoms with Crippen LogP contribution in [0.2, 0.25) is 0 Å². The van der Waals surface area contributed by atoms with Gasteiger partial charge in [0.1, 0.15) is 11.5 Å². The monoisotopic (exact) mass is 223 g/mol. The van der Waals surface area contributed by atoms with Gasteiger partial charge in [-0.3, -0.25) is 0 Å². The van der Waals surface area contributed by atoms with Crippen LogP contribution in [0.1, 0.15) is 24.5 Å². The third-order valence-corrected chi connectivity index (χ3v) is 2.36. The number of carboxylic acid groups (broad SMARTS) is 1. The Morgan fingerprint density at radius 1 is 1.50 bits per heavy atom. The number of hydrogen-bond donors (Lipinski definition) is 1. The van der Waals surface area contributed by atoms with Crippen molar-refractivity contribution < 1.29 is 19.7 Å². The van der Waals surface area contributed by atoms with Gasteiger partial charge >= 0.3 is 0 Å². The summed E-state index contributed by atoms with van der Waals surface area (Å²) in [6, 6.07) is 3.12. The smallest absolute Gasteiger partial charge is 0.122 e. The van der Waals surface area contributed by atoms with Gasteiger partial charge in [0.15, 0.2) is 0 Å². The molecule has 4 heteroatoms. The number of carbonyl (C=O) groups excluding carboxylic acids is 1. The minimum Gasteiger partial charge on any atom is -0.550 e. The van der Waals surface area contributed by atoms with Gasteiger partial charge in [-0.15, -0.1) is 0 Å². The van der Waals surface area contributed by atoms with Crippen LogP contribution in [0.4, 0.5) is 0 Å². The van der Waals surface area contributed by atoms with E-state index in [1.165, 1.54) is 13.2 Å². The van der Waals surface area contributed by atoms with Gasteiger partial charge in [0.25, 0.3) is 0 Å². The highest BCUT2D eigenvalue weighted by molar-refractivity contribution is 5.69. The Balaban J connectivity index is 3.16. The van der Waals surface area contributed by atoms with Gasteiger partial charge in [0.2, 0.25) is 0 Å². The van der Waals surface area contributed by atoms with E-state index in [0.29, 0.717) is 23.3 Å². The van der Waals surface area contributed by atoms with Gasteiger partial charge < -0.3 is 19.7 Å². The molecule has 1 rings (SSSR count). The minimum absolute atomic E-state index is 0.0810. The number of benzene rings is 1. The molecule has 0 radical (unpaired) electrons. The number of aliphatic carboxylic acids is 1. The van der Waals surface area contributed by atoms with Crippen molar-refractivity contribution >= 4 is 5.97 Å². The van der Waals surface area contributed by atoms with E-state index < -0.39 is 5.97 Å². The molecule has 1 aromatic rings. The highest BCUT2D eigenvalue weighted by atomic mass is 16.5. The standard InChI is InChI=1S/C12H16O4/c1-3-4-10-8(6-12(14)15)5-9(16-2)7-11(10)13/h5,7,13H,3-4,6H2,1-2H3,(H,14,15)/p-1. The Kier molecular flexibility index (Phi) is 4.17. The van der Waals surface area contributed by atoms with E-state index in [-0.39, 0.29) is 12.2 Å². The van der Waals surface area contributed by atoms with E-state index in [9.17, 15) is 15.0 Å². The van der Waals surface area contributed by atoms with E-state index in [4.69, 9.17) is 4.74 Å². The van der Waals surface area contributed by atoms with E-state index in [0.717, 1.165) is 6.42 Å². The maximum atomic E-state index is 10.6. The molecule has 1 aromatic carbocycles. The zero-order chi connectivity index (χ0) is 12.1. The first-order valence-electron chi connectivity index (χ1n) is 5.17. The van der Waals surface area contributed by atoms with Gasteiger partial charge in [0.05, 0.1) is 7.11 Å². The third-order valence-electron chi connectivity index (χ3n) is 2.36. The highest BCUT2D eigenvalue weighted by Gasteiger charge is 2.10. The first-order chi connectivity index (χ1) is 7.58. The van der Waals surface area contributed by atoms with Crippen molar-refractivity contribution in [3.8, 4) is 11.5 Å². The Bertz CT molecular complexity index is 385. The molecule has 0 saturated carbocycles. The number of carbonyl (C=O) groups is 1. The Hall–Kier alpha value is -1.71. The molecule has 0 fully saturated rings. The number of ether oxygens (including phenoxy) is 1. The SMILES string of the molecule is CCCc1c(O)cc(OC)cc1CC(=O)[O-]. The maximum Gasteiger partial charge on any atom is 0.122 e. The van der Waals surface area contributed by atoms with E-state index in [1.54, 1.807) is 6.07 Å². The average Bonchev–Trinajstić information content (AvgIpc) is 2.22. The van der Waals surface area contributed by atoms with Crippen molar-refractivity contribution in [1.29, 1.82) is 0 Å². The predicted molar refractivity (Wildman–Crippen MR) is 57.4 cm³/mol. The third kappa shape index (κ3) is 2.89. The molecule has 1 N–H and O–H groups in total. The predicted octanol–water partition coefficient (Wildman–Crippen LogP) is 0.646. The van der Waals surface area contributed by atoms with Gasteiger partial charge in [-0.1, -0.05) is 13.3 Å². The molecule has 0 aromatic heterocycles. The molecule has 4 nitrogen and oxygen atoms in total. The summed E-state index contributed by atoms with van der Waals surface area (Å²) < 4.78 is 4.98. The summed E-state index contributed by atoms with van der Waals surface area (Å²) in [6.07, 6.45) is 1.26. The largest absolute Gasteiger partial charge is 0.550 e. The maximum absolute atomic E-state index is 10.6. The summed E-state index contributed by atoms with van der Waals surface area (Å²) in [7, 11) is 1.47. The molecule has 0 unspecified atom stereocenters.